The minimum atomic E-state index is -0.726. The zero-order valence-electron chi connectivity index (χ0n) is 25.5. The molecule has 0 unspecified atom stereocenters. The summed E-state index contributed by atoms with van der Waals surface area (Å²) in [4.78, 5) is 39.1. The maximum Gasteiger partial charge on any atom is 0.338 e. The van der Waals surface area contributed by atoms with Gasteiger partial charge in [-0.25, -0.2) is 9.59 Å². The van der Waals surface area contributed by atoms with Gasteiger partial charge in [-0.15, -0.1) is 0 Å². The molecule has 1 N–H and O–H groups in total. The lowest BCUT2D eigenvalue weighted by molar-refractivity contribution is 0.00274. The molecule has 0 aliphatic rings. The summed E-state index contributed by atoms with van der Waals surface area (Å²) in [5.74, 6) is -1.29. The van der Waals surface area contributed by atoms with Gasteiger partial charge >= 0.3 is 11.9 Å². The second-order valence-electron chi connectivity index (χ2n) is 11.0. The molecular weight excluding hydrogens is 538 g/mol. The zero-order valence-corrected chi connectivity index (χ0v) is 25.5. The van der Waals surface area contributed by atoms with Crippen LogP contribution >= 0.6 is 0 Å². The van der Waals surface area contributed by atoms with Gasteiger partial charge in [0.25, 0.3) is 5.91 Å². The maximum absolute atomic E-state index is 13.2. The molecule has 0 saturated heterocycles. The second-order valence-corrected chi connectivity index (χ2v) is 11.0. The predicted molar refractivity (Wildman–Crippen MR) is 171 cm³/mol. The minimum absolute atomic E-state index is 0.128. The van der Waals surface area contributed by atoms with Crippen LogP contribution < -0.4 is 5.32 Å². The third-order valence-electron chi connectivity index (χ3n) is 7.56. The number of esters is 2. The monoisotopic (exact) mass is 585 g/mol. The quantitative estimate of drug-likeness (QED) is 0.106. The lowest BCUT2D eigenvalue weighted by Crippen LogP contribution is -2.48. The SMILES string of the molecule is CCCCCCCCCCCCC[C@H](OC(=O)c1ccccc1)[C@H](COC(=O)c1ccccc1)NC(=O)c1ccccc1. The number of amides is 1. The standard InChI is InChI=1S/C37H47NO5/c1-2-3-4-5-6-7-8-9-10-11-21-28-34(43-37(41)32-26-19-14-20-27-32)33(38-35(39)30-22-15-12-16-23-30)29-42-36(40)31-24-17-13-18-25-31/h12-20,22-27,33-34H,2-11,21,28-29H2,1H3,(H,38,39)/t33-,34-/m0/s1. The van der Waals surface area contributed by atoms with E-state index < -0.39 is 24.1 Å². The molecule has 6 heteroatoms. The zero-order chi connectivity index (χ0) is 30.5. The number of unbranched alkanes of at least 4 members (excludes halogenated alkanes) is 10. The van der Waals surface area contributed by atoms with E-state index in [1.807, 2.05) is 18.2 Å². The van der Waals surface area contributed by atoms with Crippen LogP contribution in [0.2, 0.25) is 0 Å². The van der Waals surface area contributed by atoms with E-state index in [0.29, 0.717) is 23.1 Å². The molecule has 0 aromatic heterocycles. The van der Waals surface area contributed by atoms with Crippen molar-refractivity contribution < 1.29 is 23.9 Å². The van der Waals surface area contributed by atoms with Crippen molar-refractivity contribution in [3.05, 3.63) is 108 Å². The molecule has 3 rings (SSSR count). The van der Waals surface area contributed by atoms with Gasteiger partial charge < -0.3 is 14.8 Å². The van der Waals surface area contributed by atoms with Crippen LogP contribution in [0.4, 0.5) is 0 Å². The van der Waals surface area contributed by atoms with Crippen molar-refractivity contribution in [2.24, 2.45) is 0 Å². The molecule has 0 heterocycles. The highest BCUT2D eigenvalue weighted by Gasteiger charge is 2.29. The van der Waals surface area contributed by atoms with E-state index in [1.165, 1.54) is 51.4 Å². The van der Waals surface area contributed by atoms with Gasteiger partial charge in [0, 0.05) is 5.56 Å². The Balaban J connectivity index is 1.65. The van der Waals surface area contributed by atoms with Gasteiger partial charge in [0.2, 0.25) is 0 Å². The van der Waals surface area contributed by atoms with Gasteiger partial charge in [-0.2, -0.15) is 0 Å². The third kappa shape index (κ3) is 12.9. The normalized spacial score (nSPS) is 12.2. The summed E-state index contributed by atoms with van der Waals surface area (Å²) in [6.07, 6.45) is 13.1. The molecule has 0 radical (unpaired) electrons. The van der Waals surface area contributed by atoms with Gasteiger partial charge in [0.1, 0.15) is 18.8 Å². The minimum Gasteiger partial charge on any atom is -0.460 e. The van der Waals surface area contributed by atoms with Crippen LogP contribution in [0.3, 0.4) is 0 Å². The van der Waals surface area contributed by atoms with E-state index in [1.54, 1.807) is 72.8 Å². The number of carbonyl (C=O) groups is 3. The van der Waals surface area contributed by atoms with Gasteiger partial charge in [-0.1, -0.05) is 126 Å². The van der Waals surface area contributed by atoms with Gasteiger partial charge in [0.15, 0.2) is 0 Å². The van der Waals surface area contributed by atoms with E-state index in [9.17, 15) is 14.4 Å². The molecule has 0 saturated carbocycles. The summed E-state index contributed by atoms with van der Waals surface area (Å²) < 4.78 is 11.7. The van der Waals surface area contributed by atoms with Crippen LogP contribution in [0.15, 0.2) is 91.0 Å². The average molecular weight is 586 g/mol. The molecule has 0 aliphatic heterocycles. The molecule has 0 spiro atoms. The Morgan fingerprint density at radius 3 is 1.53 bits per heavy atom. The van der Waals surface area contributed by atoms with Crippen LogP contribution in [-0.2, 0) is 9.47 Å². The molecule has 0 fully saturated rings. The fraction of sp³-hybridized carbons (Fsp3) is 0.432. The van der Waals surface area contributed by atoms with E-state index in [2.05, 4.69) is 12.2 Å². The summed E-state index contributed by atoms with van der Waals surface area (Å²) in [7, 11) is 0. The molecule has 2 atom stereocenters. The summed E-state index contributed by atoms with van der Waals surface area (Å²) in [6, 6.07) is 25.7. The van der Waals surface area contributed by atoms with E-state index in [-0.39, 0.29) is 12.5 Å². The molecule has 0 aliphatic carbocycles. The average Bonchev–Trinajstić information content (AvgIpc) is 3.05. The van der Waals surface area contributed by atoms with Gasteiger partial charge in [0.05, 0.1) is 11.1 Å². The fourth-order valence-electron chi connectivity index (χ4n) is 5.04. The van der Waals surface area contributed by atoms with Crippen molar-refractivity contribution in [2.45, 2.75) is 96.1 Å². The van der Waals surface area contributed by atoms with Crippen molar-refractivity contribution in [2.75, 3.05) is 6.61 Å². The number of benzene rings is 3. The summed E-state index contributed by atoms with van der Waals surface area (Å²) in [5.41, 5.74) is 1.32. The number of carbonyl (C=O) groups excluding carboxylic acids is 3. The Morgan fingerprint density at radius 2 is 1.02 bits per heavy atom. The van der Waals surface area contributed by atoms with Gasteiger partial charge in [-0.05, 0) is 49.2 Å². The first-order chi connectivity index (χ1) is 21.1. The molecule has 230 valence electrons. The Bertz CT molecular complexity index is 1200. The highest BCUT2D eigenvalue weighted by Crippen LogP contribution is 2.18. The molecular formula is C37H47NO5. The summed E-state index contributed by atoms with van der Waals surface area (Å²) in [5, 5.41) is 2.99. The molecule has 0 bridgehead atoms. The second kappa shape index (κ2) is 20.1. The van der Waals surface area contributed by atoms with Crippen LogP contribution in [0.5, 0.6) is 0 Å². The van der Waals surface area contributed by atoms with Gasteiger partial charge in [-0.3, -0.25) is 4.79 Å². The summed E-state index contributed by atoms with van der Waals surface area (Å²) in [6.45, 7) is 2.11. The smallest absolute Gasteiger partial charge is 0.338 e. The van der Waals surface area contributed by atoms with E-state index in [0.717, 1.165) is 19.3 Å². The lowest BCUT2D eigenvalue weighted by Gasteiger charge is -2.28. The molecule has 43 heavy (non-hydrogen) atoms. The van der Waals surface area contributed by atoms with E-state index >= 15 is 0 Å². The number of hydrogen-bond acceptors (Lipinski definition) is 5. The Hall–Kier alpha value is -3.93. The molecule has 1 amide bonds. The van der Waals surface area contributed by atoms with Crippen molar-refractivity contribution >= 4 is 17.8 Å². The molecule has 3 aromatic rings. The largest absolute Gasteiger partial charge is 0.460 e. The van der Waals surface area contributed by atoms with Crippen molar-refractivity contribution in [1.29, 1.82) is 0 Å². The van der Waals surface area contributed by atoms with Crippen LogP contribution in [0.1, 0.15) is 115 Å². The van der Waals surface area contributed by atoms with Crippen molar-refractivity contribution in [3.63, 3.8) is 0 Å². The number of rotatable bonds is 20. The van der Waals surface area contributed by atoms with E-state index in [4.69, 9.17) is 9.47 Å². The Labute approximate surface area is 257 Å². The van der Waals surface area contributed by atoms with Crippen LogP contribution in [0.25, 0.3) is 0 Å². The first-order valence-corrected chi connectivity index (χ1v) is 15.9. The highest BCUT2D eigenvalue weighted by atomic mass is 16.6. The predicted octanol–water partition coefficient (Wildman–Crippen LogP) is 8.57. The highest BCUT2D eigenvalue weighted by molar-refractivity contribution is 5.94. The maximum atomic E-state index is 13.2. The topological polar surface area (TPSA) is 81.7 Å². The Morgan fingerprint density at radius 1 is 0.581 bits per heavy atom. The Kier molecular flexibility index (Phi) is 15.7. The van der Waals surface area contributed by atoms with Crippen molar-refractivity contribution in [1.82, 2.24) is 5.32 Å². The third-order valence-corrected chi connectivity index (χ3v) is 7.56. The lowest BCUT2D eigenvalue weighted by atomic mass is 10.0. The number of ether oxygens (including phenoxy) is 2. The first kappa shape index (κ1) is 33.6. The fourth-order valence-corrected chi connectivity index (χ4v) is 5.04. The first-order valence-electron chi connectivity index (χ1n) is 15.9. The van der Waals surface area contributed by atoms with Crippen molar-refractivity contribution in [3.8, 4) is 0 Å². The number of nitrogens with one attached hydrogen (secondary N) is 1. The van der Waals surface area contributed by atoms with Crippen LogP contribution in [-0.4, -0.2) is 36.6 Å². The number of hydrogen-bond donors (Lipinski definition) is 1. The van der Waals surface area contributed by atoms with Crippen LogP contribution in [0, 0.1) is 0 Å². The summed E-state index contributed by atoms with van der Waals surface area (Å²) >= 11 is 0. The molecule has 3 aromatic carbocycles. The molecule has 6 nitrogen and oxygen atoms in total.